The zero-order valence-electron chi connectivity index (χ0n) is 22.6. The minimum absolute atomic E-state index is 0.0471. The Balaban J connectivity index is 1.43. The van der Waals surface area contributed by atoms with Crippen molar-refractivity contribution in [2.75, 3.05) is 27.2 Å². The van der Waals surface area contributed by atoms with Crippen molar-refractivity contribution in [2.24, 2.45) is 5.92 Å². The molecule has 3 heterocycles. The highest BCUT2D eigenvalue weighted by atomic mass is 35.5. The average Bonchev–Trinajstić information content (AvgIpc) is 3.03. The number of pyridine rings is 1. The molecule has 1 aromatic carbocycles. The SMILES string of the molecule is Cc1cc(C)c(CN2CCCc3c(Cl)c4c(c(C)c3C2=O)OC(C2CCC(N(C)C)CC2)CO4)c(=O)[nH]1. The number of fused-ring (bicyclic) bond motifs is 2. The van der Waals surface area contributed by atoms with E-state index in [2.05, 4.69) is 24.0 Å². The van der Waals surface area contributed by atoms with Crippen molar-refractivity contribution in [1.29, 1.82) is 0 Å². The molecule has 1 fully saturated rings. The van der Waals surface area contributed by atoms with Crippen LogP contribution in [0.1, 0.15) is 70.4 Å². The number of hydrogen-bond acceptors (Lipinski definition) is 5. The molecular weight excluding hydrogens is 490 g/mol. The van der Waals surface area contributed by atoms with E-state index in [0.717, 1.165) is 54.5 Å². The molecule has 7 nitrogen and oxygen atoms in total. The second-order valence-corrected chi connectivity index (χ2v) is 11.6. The molecule has 0 saturated heterocycles. The summed E-state index contributed by atoms with van der Waals surface area (Å²) in [6, 6.07) is 2.57. The number of nitrogens with one attached hydrogen (secondary N) is 1. The molecule has 200 valence electrons. The van der Waals surface area contributed by atoms with Crippen molar-refractivity contribution in [3.8, 4) is 11.5 Å². The number of H-pyrrole nitrogens is 1. The second-order valence-electron chi connectivity index (χ2n) is 11.2. The van der Waals surface area contributed by atoms with E-state index < -0.39 is 0 Å². The molecule has 2 aliphatic heterocycles. The maximum atomic E-state index is 13.9. The minimum Gasteiger partial charge on any atom is -0.484 e. The van der Waals surface area contributed by atoms with Crippen LogP contribution in [0.15, 0.2) is 10.9 Å². The molecule has 1 saturated carbocycles. The van der Waals surface area contributed by atoms with Crippen molar-refractivity contribution in [2.45, 2.75) is 78.0 Å². The number of rotatable bonds is 4. The summed E-state index contributed by atoms with van der Waals surface area (Å²) in [7, 11) is 4.30. The van der Waals surface area contributed by atoms with E-state index in [-0.39, 0.29) is 24.1 Å². The number of nitrogens with zero attached hydrogens (tertiary/aromatic N) is 2. The second kappa shape index (κ2) is 10.3. The van der Waals surface area contributed by atoms with E-state index in [1.54, 1.807) is 4.90 Å². The fraction of sp³-hybridized carbons (Fsp3) is 0.586. The van der Waals surface area contributed by atoms with Gasteiger partial charge in [-0.2, -0.15) is 0 Å². The van der Waals surface area contributed by atoms with Crippen molar-refractivity contribution < 1.29 is 14.3 Å². The molecule has 0 spiro atoms. The lowest BCUT2D eigenvalue weighted by molar-refractivity contribution is 0.0238. The van der Waals surface area contributed by atoms with Crippen molar-refractivity contribution >= 4 is 17.5 Å². The Hall–Kier alpha value is -2.51. The van der Waals surface area contributed by atoms with Crippen LogP contribution in [-0.2, 0) is 13.0 Å². The highest BCUT2D eigenvalue weighted by Crippen LogP contribution is 2.48. The first-order valence-corrected chi connectivity index (χ1v) is 13.8. The quantitative estimate of drug-likeness (QED) is 0.618. The molecular formula is C29H38ClN3O4. The monoisotopic (exact) mass is 527 g/mol. The molecule has 37 heavy (non-hydrogen) atoms. The van der Waals surface area contributed by atoms with Gasteiger partial charge in [-0.25, -0.2) is 0 Å². The molecule has 8 heteroatoms. The number of ether oxygens (including phenoxy) is 2. The van der Waals surface area contributed by atoms with Crippen LogP contribution in [0.3, 0.4) is 0 Å². The molecule has 1 amide bonds. The summed E-state index contributed by atoms with van der Waals surface area (Å²) < 4.78 is 12.8. The summed E-state index contributed by atoms with van der Waals surface area (Å²) in [6.07, 6.45) is 5.89. The van der Waals surface area contributed by atoms with Gasteiger partial charge in [-0.15, -0.1) is 0 Å². The van der Waals surface area contributed by atoms with Crippen molar-refractivity contribution in [1.82, 2.24) is 14.8 Å². The molecule has 5 rings (SSSR count). The zero-order chi connectivity index (χ0) is 26.4. The predicted octanol–water partition coefficient (Wildman–Crippen LogP) is 4.80. The van der Waals surface area contributed by atoms with Crippen LogP contribution in [0.2, 0.25) is 5.02 Å². The number of aromatic amines is 1. The number of halogens is 1. The van der Waals surface area contributed by atoms with E-state index in [1.165, 1.54) is 0 Å². The highest BCUT2D eigenvalue weighted by molar-refractivity contribution is 6.34. The molecule has 2 aromatic rings. The minimum atomic E-state index is -0.140. The van der Waals surface area contributed by atoms with Gasteiger partial charge < -0.3 is 24.3 Å². The third-order valence-electron chi connectivity index (χ3n) is 8.55. The van der Waals surface area contributed by atoms with E-state index >= 15 is 0 Å². The predicted molar refractivity (Wildman–Crippen MR) is 145 cm³/mol. The molecule has 1 aromatic heterocycles. The van der Waals surface area contributed by atoms with Crippen molar-refractivity contribution in [3.05, 3.63) is 55.0 Å². The summed E-state index contributed by atoms with van der Waals surface area (Å²) in [5, 5.41) is 0.491. The van der Waals surface area contributed by atoms with Gasteiger partial charge in [0.15, 0.2) is 11.5 Å². The molecule has 0 bridgehead atoms. The number of aryl methyl sites for hydroxylation is 2. The lowest BCUT2D eigenvalue weighted by atomic mass is 9.82. The zero-order valence-corrected chi connectivity index (χ0v) is 23.3. The van der Waals surface area contributed by atoms with Gasteiger partial charge in [-0.1, -0.05) is 11.6 Å². The van der Waals surface area contributed by atoms with Gasteiger partial charge in [0.25, 0.3) is 11.5 Å². The fourth-order valence-electron chi connectivity index (χ4n) is 6.35. The van der Waals surface area contributed by atoms with Gasteiger partial charge in [0.2, 0.25) is 0 Å². The Bertz CT molecular complexity index is 1260. The number of aromatic nitrogens is 1. The van der Waals surface area contributed by atoms with Gasteiger partial charge in [-0.3, -0.25) is 9.59 Å². The fourth-order valence-corrected chi connectivity index (χ4v) is 6.68. The number of amides is 1. The van der Waals surface area contributed by atoms with E-state index in [1.807, 2.05) is 26.8 Å². The van der Waals surface area contributed by atoms with Crippen LogP contribution < -0.4 is 15.0 Å². The summed E-state index contributed by atoms with van der Waals surface area (Å²) >= 11 is 6.88. The maximum absolute atomic E-state index is 13.9. The first-order chi connectivity index (χ1) is 17.7. The number of carbonyl (C=O) groups is 1. The summed E-state index contributed by atoms with van der Waals surface area (Å²) in [6.45, 7) is 7.03. The van der Waals surface area contributed by atoms with Gasteiger partial charge >= 0.3 is 0 Å². The normalized spacial score (nSPS) is 23.7. The molecule has 3 aliphatic rings. The average molecular weight is 528 g/mol. The van der Waals surface area contributed by atoms with Gasteiger partial charge in [0.05, 0.1) is 17.1 Å². The van der Waals surface area contributed by atoms with Gasteiger partial charge in [0, 0.05) is 29.4 Å². The number of carbonyl (C=O) groups excluding carboxylic acids is 1. The van der Waals surface area contributed by atoms with Crippen LogP contribution in [-0.4, -0.2) is 60.1 Å². The third-order valence-corrected chi connectivity index (χ3v) is 8.94. The van der Waals surface area contributed by atoms with Gasteiger partial charge in [-0.05, 0) is 96.5 Å². The van der Waals surface area contributed by atoms with E-state index in [9.17, 15) is 9.59 Å². The number of hydrogen-bond donors (Lipinski definition) is 1. The first kappa shape index (κ1) is 26.1. The maximum Gasteiger partial charge on any atom is 0.254 e. The summed E-state index contributed by atoms with van der Waals surface area (Å²) in [4.78, 5) is 33.6. The smallest absolute Gasteiger partial charge is 0.254 e. The van der Waals surface area contributed by atoms with Gasteiger partial charge in [0.1, 0.15) is 12.7 Å². The highest BCUT2D eigenvalue weighted by Gasteiger charge is 2.38. The van der Waals surface area contributed by atoms with Crippen LogP contribution in [0.25, 0.3) is 0 Å². The summed E-state index contributed by atoms with van der Waals surface area (Å²) in [5.41, 5.74) is 4.40. The molecule has 1 atom stereocenters. The Morgan fingerprint density at radius 2 is 1.84 bits per heavy atom. The standard InChI is InChI=1S/C29H38ClN3O4/c1-16-13-17(2)31-28(34)22(16)14-33-12-6-7-21-24(29(33)35)18(3)26-27(25(21)30)36-15-23(37-26)19-8-10-20(11-9-19)32(4)5/h13,19-20,23H,6-12,14-15H2,1-5H3,(H,31,34). The molecule has 1 unspecified atom stereocenters. The van der Waals surface area contributed by atoms with E-state index in [4.69, 9.17) is 21.1 Å². The topological polar surface area (TPSA) is 74.9 Å². The van der Waals surface area contributed by atoms with Crippen LogP contribution in [0, 0.1) is 26.7 Å². The van der Waals surface area contributed by atoms with Crippen LogP contribution in [0.4, 0.5) is 0 Å². The molecule has 0 radical (unpaired) electrons. The Morgan fingerprint density at radius 1 is 1.11 bits per heavy atom. The van der Waals surface area contributed by atoms with E-state index in [0.29, 0.717) is 59.2 Å². The molecule has 1 N–H and O–H groups in total. The Kier molecular flexibility index (Phi) is 7.29. The first-order valence-electron chi connectivity index (χ1n) is 13.4. The largest absolute Gasteiger partial charge is 0.484 e. The van der Waals surface area contributed by atoms with Crippen LogP contribution >= 0.6 is 11.6 Å². The Labute approximate surface area is 224 Å². The lowest BCUT2D eigenvalue weighted by Crippen LogP contribution is -2.41. The molecule has 1 aliphatic carbocycles. The van der Waals surface area contributed by atoms with Crippen LogP contribution in [0.5, 0.6) is 11.5 Å². The third kappa shape index (κ3) is 4.88. The van der Waals surface area contributed by atoms with Crippen molar-refractivity contribution in [3.63, 3.8) is 0 Å². The Morgan fingerprint density at radius 3 is 2.51 bits per heavy atom. The number of benzene rings is 1. The lowest BCUT2D eigenvalue weighted by Gasteiger charge is -2.39. The summed E-state index contributed by atoms with van der Waals surface area (Å²) in [5.74, 6) is 1.49.